The van der Waals surface area contributed by atoms with Crippen LogP contribution in [0.3, 0.4) is 0 Å². The Morgan fingerprint density at radius 3 is 2.52 bits per heavy atom. The molecule has 2 fully saturated rings. The summed E-state index contributed by atoms with van der Waals surface area (Å²) >= 11 is 0. The number of carbonyl (C=O) groups excluding carboxylic acids is 1. The van der Waals surface area contributed by atoms with Gasteiger partial charge in [0.1, 0.15) is 11.5 Å². The second-order valence-electron chi connectivity index (χ2n) is 7.22. The number of hydrogen-bond acceptors (Lipinski definition) is 3. The topological polar surface area (TPSA) is 36.4 Å². The maximum absolute atomic E-state index is 13.3. The molecule has 2 aromatic rings. The lowest BCUT2D eigenvalue weighted by Crippen LogP contribution is -2.33. The van der Waals surface area contributed by atoms with Crippen LogP contribution in [0.5, 0.6) is 0 Å². The molecule has 3 heterocycles. The Balaban J connectivity index is 1.37. The van der Waals surface area contributed by atoms with Crippen molar-refractivity contribution in [3.8, 4) is 0 Å². The number of aromatic nitrogens is 1. The third-order valence-corrected chi connectivity index (χ3v) is 5.25. The lowest BCUT2D eigenvalue weighted by Gasteiger charge is -2.21. The number of hydrogen-bond donors (Lipinski definition) is 0. The second kappa shape index (κ2) is 6.56. The molecule has 0 bridgehead atoms. The molecule has 2 atom stereocenters. The summed E-state index contributed by atoms with van der Waals surface area (Å²) in [6.45, 7) is 6.19. The van der Waals surface area contributed by atoms with Gasteiger partial charge in [-0.05, 0) is 48.6 Å². The van der Waals surface area contributed by atoms with Crippen LogP contribution in [0.2, 0.25) is 0 Å². The first-order valence-electron chi connectivity index (χ1n) is 8.78. The average Bonchev–Trinajstić information content (AvgIpc) is 3.12. The molecule has 2 aliphatic rings. The first-order valence-corrected chi connectivity index (χ1v) is 8.78. The number of pyridine rings is 1. The van der Waals surface area contributed by atoms with Crippen LogP contribution < -0.4 is 0 Å². The van der Waals surface area contributed by atoms with E-state index in [2.05, 4.69) is 9.88 Å². The zero-order valence-electron chi connectivity index (χ0n) is 14.4. The van der Waals surface area contributed by atoms with Crippen molar-refractivity contribution < 1.29 is 9.18 Å². The van der Waals surface area contributed by atoms with E-state index in [1.54, 1.807) is 18.2 Å². The van der Waals surface area contributed by atoms with E-state index >= 15 is 0 Å². The summed E-state index contributed by atoms with van der Waals surface area (Å²) in [7, 11) is 0. The molecule has 0 radical (unpaired) electrons. The smallest absolute Gasteiger partial charge is 0.272 e. The monoisotopic (exact) mass is 339 g/mol. The van der Waals surface area contributed by atoms with Crippen LogP contribution in [-0.4, -0.2) is 46.9 Å². The Bertz CT molecular complexity index is 780. The molecule has 1 amide bonds. The highest BCUT2D eigenvalue weighted by atomic mass is 19.1. The van der Waals surface area contributed by atoms with Crippen molar-refractivity contribution in [2.75, 3.05) is 26.2 Å². The highest BCUT2D eigenvalue weighted by molar-refractivity contribution is 5.92. The largest absolute Gasteiger partial charge is 0.337 e. The number of nitrogens with zero attached hydrogens (tertiary/aromatic N) is 3. The molecule has 2 aliphatic heterocycles. The standard InChI is InChI=1S/C20H22FN3O/c1-14-4-2-7-19(22-14)20(25)24-12-16-10-23(11-17(16)13-24)9-15-5-3-6-18(21)8-15/h2-8,16-17H,9-13H2,1H3/t16-,17-/m1/s1. The Kier molecular flexibility index (Phi) is 4.25. The molecule has 25 heavy (non-hydrogen) atoms. The van der Waals surface area contributed by atoms with Crippen molar-refractivity contribution in [3.05, 3.63) is 65.2 Å². The molecule has 0 saturated carbocycles. The van der Waals surface area contributed by atoms with Gasteiger partial charge in [0.25, 0.3) is 5.91 Å². The van der Waals surface area contributed by atoms with Gasteiger partial charge in [0, 0.05) is 38.4 Å². The predicted molar refractivity (Wildman–Crippen MR) is 93.5 cm³/mol. The van der Waals surface area contributed by atoms with Gasteiger partial charge in [0.15, 0.2) is 0 Å². The zero-order valence-corrected chi connectivity index (χ0v) is 14.4. The quantitative estimate of drug-likeness (QED) is 0.863. The lowest BCUT2D eigenvalue weighted by molar-refractivity contribution is 0.0767. The zero-order chi connectivity index (χ0) is 17.4. The maximum Gasteiger partial charge on any atom is 0.272 e. The molecular formula is C20H22FN3O. The van der Waals surface area contributed by atoms with Crippen LogP contribution >= 0.6 is 0 Å². The average molecular weight is 339 g/mol. The van der Waals surface area contributed by atoms with Crippen LogP contribution in [0.1, 0.15) is 21.7 Å². The van der Waals surface area contributed by atoms with Crippen molar-refractivity contribution in [3.63, 3.8) is 0 Å². The maximum atomic E-state index is 13.3. The summed E-state index contributed by atoms with van der Waals surface area (Å²) in [5.74, 6) is 0.860. The summed E-state index contributed by atoms with van der Waals surface area (Å²) in [6, 6.07) is 12.4. The molecule has 0 spiro atoms. The van der Waals surface area contributed by atoms with Crippen molar-refractivity contribution in [1.29, 1.82) is 0 Å². The van der Waals surface area contributed by atoms with E-state index in [1.807, 2.05) is 30.0 Å². The van der Waals surface area contributed by atoms with E-state index in [9.17, 15) is 9.18 Å². The number of fused-ring (bicyclic) bond motifs is 1. The Labute approximate surface area is 147 Å². The fourth-order valence-electron chi connectivity index (χ4n) is 4.10. The van der Waals surface area contributed by atoms with Crippen LogP contribution in [0.4, 0.5) is 4.39 Å². The molecule has 0 unspecified atom stereocenters. The van der Waals surface area contributed by atoms with Gasteiger partial charge in [-0.1, -0.05) is 18.2 Å². The minimum absolute atomic E-state index is 0.0368. The number of amides is 1. The molecule has 5 heteroatoms. The van der Waals surface area contributed by atoms with E-state index in [0.717, 1.165) is 44.0 Å². The van der Waals surface area contributed by atoms with Gasteiger partial charge in [-0.3, -0.25) is 9.69 Å². The van der Waals surface area contributed by atoms with Gasteiger partial charge >= 0.3 is 0 Å². The summed E-state index contributed by atoms with van der Waals surface area (Å²) < 4.78 is 13.3. The Morgan fingerprint density at radius 1 is 1.12 bits per heavy atom. The predicted octanol–water partition coefficient (Wildman–Crippen LogP) is 2.73. The number of carbonyl (C=O) groups is 1. The number of likely N-dealkylation sites (tertiary alicyclic amines) is 2. The number of halogens is 1. The van der Waals surface area contributed by atoms with Crippen molar-refractivity contribution in [2.24, 2.45) is 11.8 Å². The molecular weight excluding hydrogens is 317 g/mol. The fraction of sp³-hybridized carbons (Fsp3) is 0.400. The molecule has 4 rings (SSSR count). The van der Waals surface area contributed by atoms with Crippen molar-refractivity contribution >= 4 is 5.91 Å². The van der Waals surface area contributed by atoms with Crippen LogP contribution in [-0.2, 0) is 6.54 Å². The number of rotatable bonds is 3. The summed E-state index contributed by atoms with van der Waals surface area (Å²) in [5, 5.41) is 0. The number of aryl methyl sites for hydroxylation is 1. The molecule has 130 valence electrons. The first kappa shape index (κ1) is 16.2. The highest BCUT2D eigenvalue weighted by Crippen LogP contribution is 2.32. The first-order chi connectivity index (χ1) is 12.1. The molecule has 1 aromatic carbocycles. The minimum Gasteiger partial charge on any atom is -0.337 e. The second-order valence-corrected chi connectivity index (χ2v) is 7.22. The van der Waals surface area contributed by atoms with Gasteiger partial charge in [-0.15, -0.1) is 0 Å². The normalized spacial score (nSPS) is 23.0. The fourth-order valence-corrected chi connectivity index (χ4v) is 4.10. The van der Waals surface area contributed by atoms with Crippen molar-refractivity contribution in [1.82, 2.24) is 14.8 Å². The third kappa shape index (κ3) is 3.42. The van der Waals surface area contributed by atoms with E-state index in [1.165, 1.54) is 6.07 Å². The van der Waals surface area contributed by atoms with Crippen molar-refractivity contribution in [2.45, 2.75) is 13.5 Å². The van der Waals surface area contributed by atoms with E-state index < -0.39 is 0 Å². The minimum atomic E-state index is -0.181. The Morgan fingerprint density at radius 2 is 1.84 bits per heavy atom. The Hall–Kier alpha value is -2.27. The van der Waals surface area contributed by atoms with Crippen LogP contribution in [0, 0.1) is 24.6 Å². The molecule has 4 nitrogen and oxygen atoms in total. The highest BCUT2D eigenvalue weighted by Gasteiger charge is 2.41. The van der Waals surface area contributed by atoms with E-state index in [0.29, 0.717) is 17.5 Å². The summed E-state index contributed by atoms with van der Waals surface area (Å²) in [5.41, 5.74) is 2.42. The summed E-state index contributed by atoms with van der Waals surface area (Å²) in [4.78, 5) is 21.3. The SMILES string of the molecule is Cc1cccc(C(=O)N2C[C@H]3CN(Cc4cccc(F)c4)C[C@@H]3C2)n1. The number of benzene rings is 1. The van der Waals surface area contributed by atoms with Gasteiger partial charge < -0.3 is 4.90 Å². The van der Waals surface area contributed by atoms with E-state index in [-0.39, 0.29) is 11.7 Å². The van der Waals surface area contributed by atoms with Crippen LogP contribution in [0.15, 0.2) is 42.5 Å². The van der Waals surface area contributed by atoms with Gasteiger partial charge in [-0.25, -0.2) is 9.37 Å². The van der Waals surface area contributed by atoms with Gasteiger partial charge in [0.2, 0.25) is 0 Å². The van der Waals surface area contributed by atoms with E-state index in [4.69, 9.17) is 0 Å². The molecule has 2 saturated heterocycles. The molecule has 1 aromatic heterocycles. The van der Waals surface area contributed by atoms with Crippen LogP contribution in [0.25, 0.3) is 0 Å². The molecule has 0 N–H and O–H groups in total. The van der Waals surface area contributed by atoms with Gasteiger partial charge in [0.05, 0.1) is 0 Å². The lowest BCUT2D eigenvalue weighted by atomic mass is 10.0. The summed E-state index contributed by atoms with van der Waals surface area (Å²) in [6.07, 6.45) is 0. The molecule has 0 aliphatic carbocycles. The third-order valence-electron chi connectivity index (χ3n) is 5.25. The van der Waals surface area contributed by atoms with Gasteiger partial charge in [-0.2, -0.15) is 0 Å².